The fraction of sp³-hybridized carbons (Fsp3) is 0.0989. The molecule has 20 rings (SSSR count). The highest BCUT2D eigenvalue weighted by atomic mass is 15.2. The molecule has 454 valence electrons. The summed E-state index contributed by atoms with van der Waals surface area (Å²) in [7, 11) is 0. The van der Waals surface area contributed by atoms with Gasteiger partial charge in [0.1, 0.15) is 5.82 Å². The zero-order valence-corrected chi connectivity index (χ0v) is 54.4. The van der Waals surface area contributed by atoms with Crippen LogP contribution in [0.1, 0.15) is 74.9 Å². The van der Waals surface area contributed by atoms with Crippen molar-refractivity contribution >= 4 is 65.4 Å². The normalized spacial score (nSPS) is 14.4. The third-order valence-corrected chi connectivity index (χ3v) is 22.3. The van der Waals surface area contributed by atoms with Crippen molar-refractivity contribution in [2.24, 2.45) is 0 Å². The van der Waals surface area contributed by atoms with Crippen LogP contribution in [0, 0.1) is 0 Å². The molecule has 13 aromatic carbocycles. The quantitative estimate of drug-likeness (QED) is 0.160. The van der Waals surface area contributed by atoms with E-state index in [1.807, 2.05) is 0 Å². The average molecular weight is 1230 g/mol. The Kier molecular flexibility index (Phi) is 11.3. The molecule has 0 saturated carbocycles. The lowest BCUT2D eigenvalue weighted by Crippen LogP contribution is -2.14. The predicted octanol–water partition coefficient (Wildman–Crippen LogP) is 23.4. The fourth-order valence-corrected chi connectivity index (χ4v) is 17.5. The predicted molar refractivity (Wildman–Crippen MR) is 399 cm³/mol. The summed E-state index contributed by atoms with van der Waals surface area (Å²) in [5.74, 6) is 1.37. The molecular weight excluding hydrogens is 1160 g/mol. The molecular formula is C91H65N5. The van der Waals surface area contributed by atoms with Crippen molar-refractivity contribution in [1.29, 1.82) is 0 Å². The van der Waals surface area contributed by atoms with Crippen LogP contribution in [0.3, 0.4) is 0 Å². The number of benzene rings is 13. The molecule has 3 aliphatic rings. The van der Waals surface area contributed by atoms with E-state index >= 15 is 0 Å². The minimum atomic E-state index is -0.0875. The summed E-state index contributed by atoms with van der Waals surface area (Å²) in [5.41, 5.74) is 32.3. The van der Waals surface area contributed by atoms with E-state index < -0.39 is 0 Å². The van der Waals surface area contributed by atoms with Gasteiger partial charge in [0.15, 0.2) is 0 Å². The Morgan fingerprint density at radius 2 is 0.542 bits per heavy atom. The first-order chi connectivity index (χ1) is 46.8. The highest BCUT2D eigenvalue weighted by Crippen LogP contribution is 2.53. The number of hydrogen-bond donors (Lipinski definition) is 0. The highest BCUT2D eigenvalue weighted by Gasteiger charge is 2.38. The maximum Gasteiger partial charge on any atom is 0.237 e. The van der Waals surface area contributed by atoms with Crippen LogP contribution in [0.5, 0.6) is 0 Å². The first kappa shape index (κ1) is 54.9. The summed E-state index contributed by atoms with van der Waals surface area (Å²) in [4.78, 5) is 11.6. The van der Waals surface area contributed by atoms with Crippen LogP contribution in [0.2, 0.25) is 0 Å². The Balaban J connectivity index is 0.778. The molecule has 0 saturated heterocycles. The number of hydrogen-bond acceptors (Lipinski definition) is 2. The Hall–Kier alpha value is -11.7. The minimum absolute atomic E-state index is 0.0582. The summed E-state index contributed by atoms with van der Waals surface area (Å²) in [6.07, 6.45) is 0. The molecule has 0 radical (unpaired) electrons. The summed E-state index contributed by atoms with van der Waals surface area (Å²) in [6, 6.07) is 107. The van der Waals surface area contributed by atoms with Gasteiger partial charge < -0.3 is 4.57 Å². The van der Waals surface area contributed by atoms with E-state index in [-0.39, 0.29) is 16.2 Å². The van der Waals surface area contributed by atoms with Crippen molar-refractivity contribution in [3.05, 3.63) is 318 Å². The Bertz CT molecular complexity index is 5990. The van der Waals surface area contributed by atoms with E-state index in [1.165, 1.54) is 99.8 Å². The third-order valence-electron chi connectivity index (χ3n) is 22.3. The summed E-state index contributed by atoms with van der Waals surface area (Å²) < 4.78 is 7.12. The minimum Gasteiger partial charge on any atom is -0.309 e. The number of aromatic nitrogens is 5. The van der Waals surface area contributed by atoms with E-state index in [2.05, 4.69) is 340 Å². The van der Waals surface area contributed by atoms with E-state index in [0.717, 1.165) is 88.5 Å². The zero-order chi connectivity index (χ0) is 64.1. The molecule has 4 aromatic heterocycles. The molecule has 5 nitrogen and oxygen atoms in total. The largest absolute Gasteiger partial charge is 0.309 e. The first-order valence-electron chi connectivity index (χ1n) is 33.7. The van der Waals surface area contributed by atoms with Gasteiger partial charge in [0.05, 0.1) is 38.8 Å². The van der Waals surface area contributed by atoms with Crippen LogP contribution >= 0.6 is 0 Å². The Morgan fingerprint density at radius 3 is 0.979 bits per heavy atom. The van der Waals surface area contributed by atoms with Crippen molar-refractivity contribution < 1.29 is 0 Å². The van der Waals surface area contributed by atoms with Gasteiger partial charge >= 0.3 is 0 Å². The maximum absolute atomic E-state index is 5.83. The molecule has 0 aliphatic heterocycles. The maximum atomic E-state index is 5.83. The van der Waals surface area contributed by atoms with Crippen LogP contribution in [-0.4, -0.2) is 23.7 Å². The number of nitrogens with zero attached hydrogens (tertiary/aromatic N) is 5. The third kappa shape index (κ3) is 7.68. The summed E-state index contributed by atoms with van der Waals surface area (Å²) >= 11 is 0. The van der Waals surface area contributed by atoms with Crippen molar-refractivity contribution in [2.75, 3.05) is 0 Å². The van der Waals surface area contributed by atoms with Gasteiger partial charge in [0.25, 0.3) is 0 Å². The number of fused-ring (bicyclic) bond motifs is 18. The average Bonchev–Trinajstić information content (AvgIpc) is 1.61. The SMILES string of the molecule is CC1(C)c2ccccc2-c2cc(-c3ccc4c5ccccc5n(-c5ccc(-c6cc(-n7c8ccccc8c8ccc(-c9ccc%10c(c9)-c9ccccc9C%10(C)C)cc87)nc(-n7c8ccccc8c8ccc(-c9ccc%10c(c9)-c9ccccc9C%10(C)C)cc87)n6)cc5)c4c3)ccc21. The molecule has 5 heteroatoms. The molecule has 17 aromatic rings. The molecule has 0 bridgehead atoms. The van der Waals surface area contributed by atoms with Gasteiger partial charge in [-0.1, -0.05) is 254 Å². The number of para-hydroxylation sites is 3. The summed E-state index contributed by atoms with van der Waals surface area (Å²) in [6.45, 7) is 14.1. The van der Waals surface area contributed by atoms with Crippen molar-refractivity contribution in [1.82, 2.24) is 23.7 Å². The molecule has 0 unspecified atom stereocenters. The van der Waals surface area contributed by atoms with Gasteiger partial charge in [-0.15, -0.1) is 0 Å². The summed E-state index contributed by atoms with van der Waals surface area (Å²) in [5, 5.41) is 7.05. The smallest absolute Gasteiger partial charge is 0.237 e. The molecule has 96 heavy (non-hydrogen) atoms. The van der Waals surface area contributed by atoms with E-state index in [9.17, 15) is 0 Å². The standard InChI is InChI=1S/C91H65N5/c1-89(2)74-25-13-7-19-62(74)71-47-55(36-44-77(71)89)58-33-41-68-65-22-10-16-28-81(65)94(84(68)50-58)61-39-31-54(32-40-61)80-53-87(95-82-29-17-11-23-66(82)69-42-34-59(51-85(69)95)56-37-45-78-72(48-56)63-20-8-14-26-75(63)90(78,3)4)93-88(92-80)96-83-30-18-12-24-67(83)70-43-35-60(52-86(70)96)57-38-46-79-73(49-57)64-21-9-15-27-76(64)91(79,5)6/h7-53H,1-6H3. The van der Waals surface area contributed by atoms with Gasteiger partial charge in [0, 0.05) is 65.9 Å². The van der Waals surface area contributed by atoms with E-state index in [4.69, 9.17) is 9.97 Å². The molecule has 0 fully saturated rings. The van der Waals surface area contributed by atoms with Gasteiger partial charge in [0.2, 0.25) is 5.95 Å². The monoisotopic (exact) mass is 1230 g/mol. The van der Waals surface area contributed by atoms with Crippen LogP contribution in [0.15, 0.2) is 285 Å². The van der Waals surface area contributed by atoms with Gasteiger partial charge in [-0.25, -0.2) is 4.98 Å². The lowest BCUT2D eigenvalue weighted by molar-refractivity contribution is 0.660. The van der Waals surface area contributed by atoms with Crippen molar-refractivity contribution in [3.8, 4) is 95.5 Å². The van der Waals surface area contributed by atoms with E-state index in [1.54, 1.807) is 0 Å². The van der Waals surface area contributed by atoms with Crippen molar-refractivity contribution in [2.45, 2.75) is 57.8 Å². The number of rotatable bonds is 7. The zero-order valence-electron chi connectivity index (χ0n) is 54.4. The van der Waals surface area contributed by atoms with E-state index in [0.29, 0.717) is 5.95 Å². The first-order valence-corrected chi connectivity index (χ1v) is 33.7. The second-order valence-corrected chi connectivity index (χ2v) is 28.5. The molecule has 4 heterocycles. The molecule has 0 amide bonds. The van der Waals surface area contributed by atoms with Gasteiger partial charge in [-0.05, 0) is 167 Å². The molecule has 0 spiro atoms. The van der Waals surface area contributed by atoms with Gasteiger partial charge in [-0.3, -0.25) is 9.13 Å². The van der Waals surface area contributed by atoms with Gasteiger partial charge in [-0.2, -0.15) is 4.98 Å². The second kappa shape index (κ2) is 19.7. The lowest BCUT2D eigenvalue weighted by atomic mass is 9.82. The molecule has 3 aliphatic carbocycles. The van der Waals surface area contributed by atoms with Crippen LogP contribution in [-0.2, 0) is 16.2 Å². The topological polar surface area (TPSA) is 40.6 Å². The van der Waals surface area contributed by atoms with Crippen LogP contribution in [0.25, 0.3) is 161 Å². The second-order valence-electron chi connectivity index (χ2n) is 28.5. The van der Waals surface area contributed by atoms with Crippen molar-refractivity contribution in [3.63, 3.8) is 0 Å². The molecule has 0 N–H and O–H groups in total. The Labute approximate surface area is 557 Å². The fourth-order valence-electron chi connectivity index (χ4n) is 17.5. The molecule has 0 atom stereocenters. The highest BCUT2D eigenvalue weighted by molar-refractivity contribution is 6.13. The van der Waals surface area contributed by atoms with Crippen LogP contribution in [0.4, 0.5) is 0 Å². The van der Waals surface area contributed by atoms with Crippen LogP contribution < -0.4 is 0 Å². The Morgan fingerprint density at radius 1 is 0.229 bits per heavy atom. The lowest BCUT2D eigenvalue weighted by Gasteiger charge is -2.21.